The topological polar surface area (TPSA) is 112 Å². The first-order chi connectivity index (χ1) is 20.8. The molecule has 4 aromatic rings. The number of anilines is 1. The molecule has 0 spiro atoms. The zero-order valence-corrected chi connectivity index (χ0v) is 24.2. The number of imide groups is 1. The molecule has 10 heteroatoms. The number of para-hydroxylation sites is 2. The summed E-state index contributed by atoms with van der Waals surface area (Å²) in [4.78, 5) is 64.7. The number of H-pyrrole nitrogens is 1. The second kappa shape index (κ2) is 10.6. The van der Waals surface area contributed by atoms with Crippen molar-refractivity contribution in [3.05, 3.63) is 94.0 Å². The normalized spacial score (nSPS) is 19.3. The molecular weight excluding hydrogens is 544 g/mol. The Labute approximate surface area is 248 Å². The Bertz CT molecular complexity index is 1740. The molecule has 2 saturated heterocycles. The first-order valence-electron chi connectivity index (χ1n) is 15.0. The van der Waals surface area contributed by atoms with E-state index < -0.39 is 5.41 Å². The van der Waals surface area contributed by atoms with E-state index in [1.54, 1.807) is 36.5 Å². The predicted octanol–water partition coefficient (Wildman–Crippen LogP) is 3.99. The third-order valence-corrected chi connectivity index (χ3v) is 9.46. The van der Waals surface area contributed by atoms with Gasteiger partial charge in [0.15, 0.2) is 0 Å². The second-order valence-corrected chi connectivity index (χ2v) is 12.2. The van der Waals surface area contributed by atoms with Crippen molar-refractivity contribution in [2.75, 3.05) is 31.1 Å². The number of piperidine rings is 2. The largest absolute Gasteiger partial charge is 0.342 e. The molecule has 0 unspecified atom stereocenters. The van der Waals surface area contributed by atoms with Gasteiger partial charge in [-0.15, -0.1) is 0 Å². The van der Waals surface area contributed by atoms with Crippen molar-refractivity contribution in [3.63, 3.8) is 0 Å². The Morgan fingerprint density at radius 1 is 0.884 bits per heavy atom. The highest BCUT2D eigenvalue weighted by molar-refractivity contribution is 6.34. The summed E-state index contributed by atoms with van der Waals surface area (Å²) < 4.78 is 1.86. The van der Waals surface area contributed by atoms with Gasteiger partial charge in [0.25, 0.3) is 11.8 Å². The molecule has 0 radical (unpaired) electrons. The predicted molar refractivity (Wildman–Crippen MR) is 162 cm³/mol. The maximum absolute atomic E-state index is 13.7. The number of nitrogens with zero attached hydrogens (tertiary/aromatic N) is 5. The van der Waals surface area contributed by atoms with Crippen molar-refractivity contribution in [3.8, 4) is 0 Å². The summed E-state index contributed by atoms with van der Waals surface area (Å²) in [6.07, 6.45) is 4.79. The molecule has 3 aliphatic rings. The van der Waals surface area contributed by atoms with Gasteiger partial charge in [-0.05, 0) is 74.7 Å². The summed E-state index contributed by atoms with van der Waals surface area (Å²) in [5, 5.41) is 0. The van der Waals surface area contributed by atoms with Crippen LogP contribution in [0.15, 0.2) is 71.7 Å². The van der Waals surface area contributed by atoms with Crippen LogP contribution in [0.4, 0.5) is 5.82 Å². The first kappa shape index (κ1) is 27.3. The van der Waals surface area contributed by atoms with E-state index in [4.69, 9.17) is 0 Å². The number of pyridine rings is 1. The molecule has 1 N–H and O–H groups in total. The number of benzene rings is 2. The van der Waals surface area contributed by atoms with E-state index >= 15 is 0 Å². The fraction of sp³-hybridized carbons (Fsp3) is 0.364. The van der Waals surface area contributed by atoms with E-state index in [1.165, 1.54) is 0 Å². The van der Waals surface area contributed by atoms with E-state index in [0.717, 1.165) is 60.3 Å². The van der Waals surface area contributed by atoms with Gasteiger partial charge in [-0.2, -0.15) is 0 Å². The average Bonchev–Trinajstić information content (AvgIpc) is 3.50. The summed E-state index contributed by atoms with van der Waals surface area (Å²) in [5.74, 6) is -0.164. The van der Waals surface area contributed by atoms with Crippen molar-refractivity contribution in [1.29, 1.82) is 0 Å². The fourth-order valence-electron chi connectivity index (χ4n) is 6.86. The van der Waals surface area contributed by atoms with Gasteiger partial charge in [-0.3, -0.25) is 23.9 Å². The Morgan fingerprint density at radius 3 is 2.19 bits per heavy atom. The smallest absolute Gasteiger partial charge is 0.326 e. The lowest BCUT2D eigenvalue weighted by atomic mass is 9.78. The van der Waals surface area contributed by atoms with Crippen LogP contribution in [0.25, 0.3) is 11.0 Å². The third kappa shape index (κ3) is 4.75. The Kier molecular flexibility index (Phi) is 6.73. The molecule has 2 aromatic carbocycles. The quantitative estimate of drug-likeness (QED) is 0.359. The Hall–Kier alpha value is -4.57. The van der Waals surface area contributed by atoms with Crippen LogP contribution >= 0.6 is 0 Å². The molecule has 43 heavy (non-hydrogen) atoms. The van der Waals surface area contributed by atoms with E-state index in [-0.39, 0.29) is 29.5 Å². The van der Waals surface area contributed by atoms with Crippen molar-refractivity contribution in [2.24, 2.45) is 5.41 Å². The maximum atomic E-state index is 13.7. The monoisotopic (exact) mass is 578 g/mol. The number of likely N-dealkylation sites (tertiary alicyclic amines) is 2. The van der Waals surface area contributed by atoms with Gasteiger partial charge in [-0.25, -0.2) is 14.7 Å². The van der Waals surface area contributed by atoms with Crippen molar-refractivity contribution in [2.45, 2.75) is 45.2 Å². The van der Waals surface area contributed by atoms with Gasteiger partial charge in [0.2, 0.25) is 5.91 Å². The van der Waals surface area contributed by atoms with Gasteiger partial charge in [-0.1, -0.05) is 37.3 Å². The lowest BCUT2D eigenvalue weighted by Gasteiger charge is -2.43. The van der Waals surface area contributed by atoms with Crippen LogP contribution in [-0.2, 0) is 11.3 Å². The number of carbonyl (C=O) groups excluding carboxylic acids is 3. The molecule has 0 bridgehead atoms. The average molecular weight is 579 g/mol. The van der Waals surface area contributed by atoms with Gasteiger partial charge in [0.05, 0.1) is 22.2 Å². The van der Waals surface area contributed by atoms with E-state index in [1.807, 2.05) is 39.8 Å². The summed E-state index contributed by atoms with van der Waals surface area (Å²) in [6.45, 7) is 5.67. The molecule has 10 nitrogen and oxygen atoms in total. The van der Waals surface area contributed by atoms with Crippen LogP contribution in [0.3, 0.4) is 0 Å². The number of amides is 3. The highest BCUT2D eigenvalue weighted by Gasteiger charge is 2.41. The highest BCUT2D eigenvalue weighted by atomic mass is 16.2. The number of aromatic amines is 1. The van der Waals surface area contributed by atoms with E-state index in [2.05, 4.69) is 21.8 Å². The molecule has 0 saturated carbocycles. The zero-order valence-electron chi connectivity index (χ0n) is 24.2. The number of aromatic nitrogens is 3. The number of imidazole rings is 1. The summed E-state index contributed by atoms with van der Waals surface area (Å²) >= 11 is 0. The molecule has 5 heterocycles. The van der Waals surface area contributed by atoms with Crippen molar-refractivity contribution < 1.29 is 14.4 Å². The summed E-state index contributed by atoms with van der Waals surface area (Å²) in [7, 11) is 0. The number of nitrogens with one attached hydrogen (secondary N) is 1. The summed E-state index contributed by atoms with van der Waals surface area (Å²) in [5.41, 5.74) is 3.07. The second-order valence-electron chi connectivity index (χ2n) is 12.2. The van der Waals surface area contributed by atoms with Crippen molar-refractivity contribution >= 4 is 34.6 Å². The van der Waals surface area contributed by atoms with Gasteiger partial charge >= 0.3 is 5.69 Å². The van der Waals surface area contributed by atoms with Gasteiger partial charge in [0, 0.05) is 37.3 Å². The van der Waals surface area contributed by atoms with Gasteiger partial charge in [0.1, 0.15) is 5.82 Å². The standard InChI is InChI=1S/C33H34N6O4/c1-33(31(42)37-16-12-23(13-17-37)38-27-9-5-4-8-26(27)35-32(38)43)14-18-36(19-15-33)21-22-10-11-28(34-20-22)39-29(40)24-6-2-3-7-25(24)30(39)41/h2-11,20,23H,12-19,21H2,1H3,(H,35,43). The van der Waals surface area contributed by atoms with Crippen LogP contribution in [-0.4, -0.2) is 68.2 Å². The highest BCUT2D eigenvalue weighted by Crippen LogP contribution is 2.36. The lowest BCUT2D eigenvalue weighted by molar-refractivity contribution is -0.145. The molecule has 3 amide bonds. The number of fused-ring (bicyclic) bond motifs is 2. The Balaban J connectivity index is 0.935. The molecule has 0 atom stereocenters. The molecule has 2 fully saturated rings. The third-order valence-electron chi connectivity index (χ3n) is 9.46. The zero-order chi connectivity index (χ0) is 29.7. The van der Waals surface area contributed by atoms with E-state index in [9.17, 15) is 19.2 Å². The Morgan fingerprint density at radius 2 is 1.53 bits per heavy atom. The first-order valence-corrected chi connectivity index (χ1v) is 15.0. The van der Waals surface area contributed by atoms with Crippen LogP contribution in [0, 0.1) is 5.41 Å². The minimum Gasteiger partial charge on any atom is -0.342 e. The number of carbonyl (C=O) groups is 3. The number of hydrogen-bond acceptors (Lipinski definition) is 6. The van der Waals surface area contributed by atoms with E-state index in [0.29, 0.717) is 36.6 Å². The SMILES string of the molecule is CC1(C(=O)N2CCC(n3c(=O)[nH]c4ccccc43)CC2)CCN(Cc2ccc(N3C(=O)c4ccccc4C3=O)nc2)CC1. The minimum absolute atomic E-state index is 0.0828. The van der Waals surface area contributed by atoms with Crippen molar-refractivity contribution in [1.82, 2.24) is 24.3 Å². The molecule has 0 aliphatic carbocycles. The number of hydrogen-bond donors (Lipinski definition) is 1. The molecular formula is C33H34N6O4. The van der Waals surface area contributed by atoms with Crippen LogP contribution in [0.1, 0.15) is 64.9 Å². The summed E-state index contributed by atoms with van der Waals surface area (Å²) in [6, 6.07) is 18.3. The minimum atomic E-state index is -0.408. The van der Waals surface area contributed by atoms with Crippen LogP contribution in [0.2, 0.25) is 0 Å². The molecule has 3 aliphatic heterocycles. The van der Waals surface area contributed by atoms with Gasteiger partial charge < -0.3 is 9.88 Å². The molecule has 220 valence electrons. The molecule has 2 aromatic heterocycles. The van der Waals surface area contributed by atoms with Crippen LogP contribution in [0.5, 0.6) is 0 Å². The lowest BCUT2D eigenvalue weighted by Crippen LogP contribution is -2.51. The maximum Gasteiger partial charge on any atom is 0.326 e. The fourth-order valence-corrected chi connectivity index (χ4v) is 6.86. The van der Waals surface area contributed by atoms with Crippen LogP contribution < -0.4 is 10.6 Å². The molecule has 7 rings (SSSR count). The number of rotatable bonds is 5.